The monoisotopic (exact) mass is 814 g/mol. The number of allylic oxidation sites excluding steroid dienone is 1. The molecule has 5 rings (SSSR count). The molecule has 0 radical (unpaired) electrons. The van der Waals surface area contributed by atoms with Gasteiger partial charge in [-0.2, -0.15) is 5.10 Å². The molecule has 6 nitrogen and oxygen atoms in total. The summed E-state index contributed by atoms with van der Waals surface area (Å²) >= 11 is 0. The minimum atomic E-state index is 0. The quantitative estimate of drug-likeness (QED) is 0.113. The molecule has 2 aromatic heterocycles. The zero-order valence-electron chi connectivity index (χ0n) is 27.6. The minimum absolute atomic E-state index is 0. The number of hydrogen-bond donors (Lipinski definition) is 1. The van der Waals surface area contributed by atoms with Crippen LogP contribution in [0.25, 0.3) is 10.9 Å². The van der Waals surface area contributed by atoms with E-state index in [1.54, 1.807) is 0 Å². The molecule has 3 heterocycles. The molecule has 1 aliphatic heterocycles. The summed E-state index contributed by atoms with van der Waals surface area (Å²) in [4.78, 5) is 4.74. The van der Waals surface area contributed by atoms with Crippen LogP contribution in [0.5, 0.6) is 5.75 Å². The first-order valence-corrected chi connectivity index (χ1v) is 15.9. The fraction of sp³-hybridized carbons (Fsp3) is 0.556. The maximum atomic E-state index is 5.90. The first kappa shape index (κ1) is 39.2. The SMILES string of the molecule is C=CCCc1cc(OCC[CH2-])cc2c(C)nn(C)c12.CC.[CH3-].[U+2].c1cc2c(nc1CCCCOC1CCCC1)NCCC2. The van der Waals surface area contributed by atoms with Gasteiger partial charge in [-0.25, -0.2) is 4.98 Å². The normalized spacial score (nSPS) is 13.7. The number of nitrogens with one attached hydrogen (secondary N) is 1. The molecule has 3 aromatic rings. The van der Waals surface area contributed by atoms with E-state index in [-0.39, 0.29) is 38.5 Å². The Kier molecular flexibility index (Phi) is 19.9. The van der Waals surface area contributed by atoms with Gasteiger partial charge in [0.15, 0.2) is 0 Å². The molecular weight excluding hydrogens is 758 g/mol. The van der Waals surface area contributed by atoms with Crippen molar-refractivity contribution in [1.82, 2.24) is 14.8 Å². The van der Waals surface area contributed by atoms with E-state index in [2.05, 4.69) is 48.2 Å². The number of nitrogens with zero attached hydrogens (tertiary/aromatic N) is 3. The second-order valence-corrected chi connectivity index (χ2v) is 10.8. The maximum absolute atomic E-state index is 5.90. The van der Waals surface area contributed by atoms with E-state index in [1.807, 2.05) is 38.6 Å². The molecule has 1 N–H and O–H groups in total. The molecule has 0 amide bonds. The molecule has 7 heteroatoms. The van der Waals surface area contributed by atoms with E-state index in [4.69, 9.17) is 14.5 Å². The molecule has 2 aliphatic rings. The Bertz CT molecular complexity index is 1200. The largest absolute Gasteiger partial charge is 2.00 e. The van der Waals surface area contributed by atoms with E-state index in [0.717, 1.165) is 62.5 Å². The van der Waals surface area contributed by atoms with Crippen LogP contribution < -0.4 is 10.1 Å². The number of aromatic nitrogens is 3. The van der Waals surface area contributed by atoms with Crippen molar-refractivity contribution >= 4 is 16.7 Å². The Hall–Kier alpha value is -1.81. The first-order valence-electron chi connectivity index (χ1n) is 15.9. The number of unbranched alkanes of at least 4 members (excludes halogenated alkanes) is 1. The summed E-state index contributed by atoms with van der Waals surface area (Å²) < 4.78 is 13.6. The maximum Gasteiger partial charge on any atom is 2.00 e. The van der Waals surface area contributed by atoms with Crippen LogP contribution in [0, 0.1) is 52.4 Å². The van der Waals surface area contributed by atoms with E-state index < -0.39 is 0 Å². The van der Waals surface area contributed by atoms with Crippen molar-refractivity contribution in [2.75, 3.05) is 25.1 Å². The predicted octanol–water partition coefficient (Wildman–Crippen LogP) is 8.80. The predicted molar refractivity (Wildman–Crippen MR) is 179 cm³/mol. The third kappa shape index (κ3) is 12.2. The van der Waals surface area contributed by atoms with Crippen LogP contribution in [0.4, 0.5) is 5.82 Å². The number of anilines is 1. The minimum Gasteiger partial charge on any atom is -0.496 e. The molecule has 1 aromatic carbocycles. The van der Waals surface area contributed by atoms with Gasteiger partial charge in [-0.15, -0.1) is 13.0 Å². The van der Waals surface area contributed by atoms with Gasteiger partial charge in [-0.3, -0.25) is 4.68 Å². The van der Waals surface area contributed by atoms with Crippen LogP contribution in [0.2, 0.25) is 0 Å². The fourth-order valence-corrected chi connectivity index (χ4v) is 5.59. The summed E-state index contributed by atoms with van der Waals surface area (Å²) in [7, 11) is 1.99. The van der Waals surface area contributed by atoms with Crippen molar-refractivity contribution in [3.05, 3.63) is 73.8 Å². The summed E-state index contributed by atoms with van der Waals surface area (Å²) in [5, 5.41) is 9.08. The Labute approximate surface area is 286 Å². The van der Waals surface area contributed by atoms with E-state index in [0.29, 0.717) is 12.7 Å². The topological polar surface area (TPSA) is 61.2 Å². The second-order valence-electron chi connectivity index (χ2n) is 10.8. The van der Waals surface area contributed by atoms with Gasteiger partial charge < -0.3 is 29.1 Å². The van der Waals surface area contributed by atoms with Crippen LogP contribution in [-0.2, 0) is 31.0 Å². The number of aryl methyl sites for hydroxylation is 5. The van der Waals surface area contributed by atoms with E-state index >= 15 is 0 Å². The van der Waals surface area contributed by atoms with Gasteiger partial charge in [0.05, 0.1) is 23.9 Å². The summed E-state index contributed by atoms with van der Waals surface area (Å²) in [5.74, 6) is 2.03. The van der Waals surface area contributed by atoms with Gasteiger partial charge >= 0.3 is 31.1 Å². The first-order chi connectivity index (χ1) is 20.1. The van der Waals surface area contributed by atoms with Crippen molar-refractivity contribution in [2.45, 2.75) is 104 Å². The summed E-state index contributed by atoms with van der Waals surface area (Å²) in [6, 6.07) is 8.63. The van der Waals surface area contributed by atoms with Crippen LogP contribution >= 0.6 is 0 Å². The molecular formula is C36H56N4O2U. The third-order valence-corrected chi connectivity index (χ3v) is 7.64. The second kappa shape index (κ2) is 21.8. The molecule has 236 valence electrons. The van der Waals surface area contributed by atoms with Gasteiger partial charge in [0.1, 0.15) is 11.6 Å². The summed E-state index contributed by atoms with van der Waals surface area (Å²) in [5.41, 5.74) is 6.10. The van der Waals surface area contributed by atoms with Crippen molar-refractivity contribution in [3.8, 4) is 5.75 Å². The number of pyridine rings is 1. The van der Waals surface area contributed by atoms with Crippen molar-refractivity contribution < 1.29 is 40.6 Å². The fourth-order valence-electron chi connectivity index (χ4n) is 5.59. The van der Waals surface area contributed by atoms with Gasteiger partial charge in [0.25, 0.3) is 0 Å². The Morgan fingerprint density at radius 1 is 1.09 bits per heavy atom. The molecule has 0 unspecified atom stereocenters. The third-order valence-electron chi connectivity index (χ3n) is 7.64. The van der Waals surface area contributed by atoms with Gasteiger partial charge in [0.2, 0.25) is 0 Å². The Balaban J connectivity index is 0.000000390. The number of rotatable bonds is 12. The molecule has 1 aliphatic carbocycles. The van der Waals surface area contributed by atoms with Crippen molar-refractivity contribution in [2.24, 2.45) is 7.05 Å². The van der Waals surface area contributed by atoms with Crippen LogP contribution in [-0.4, -0.2) is 40.6 Å². The van der Waals surface area contributed by atoms with Gasteiger partial charge in [0, 0.05) is 31.3 Å². The molecule has 1 saturated carbocycles. The Morgan fingerprint density at radius 2 is 1.86 bits per heavy atom. The molecule has 1 fully saturated rings. The summed E-state index contributed by atoms with van der Waals surface area (Å²) in [6.07, 6.45) is 16.3. The standard InChI is InChI=1S/C17H26N2O.C16H21N2O.C2H6.CH3.U/c1-2-9-16(8-1)20-13-4-3-7-15-11-10-14-6-5-12-18-17(14)19-15;1-5-7-8-13-10-14(19-9-6-2)11-15-12(3)17-18(4)16(13)15;1-2;;/h10-11,16H,1-9,12-13H2,(H,18,19);5,10-11H,1-2,6-9H2,3-4H3;1-2H3;1H3;/q;-1;;-1;+2. The average Bonchev–Trinajstić information content (AvgIpc) is 3.63. The zero-order valence-corrected chi connectivity index (χ0v) is 31.8. The summed E-state index contributed by atoms with van der Waals surface area (Å²) in [6.45, 7) is 16.3. The molecule has 0 spiro atoms. The van der Waals surface area contributed by atoms with E-state index in [9.17, 15) is 0 Å². The van der Waals surface area contributed by atoms with E-state index in [1.165, 1.54) is 72.7 Å². The van der Waals surface area contributed by atoms with Crippen LogP contribution in [0.15, 0.2) is 36.9 Å². The zero-order chi connectivity index (χ0) is 29.5. The van der Waals surface area contributed by atoms with Crippen LogP contribution in [0.1, 0.15) is 94.1 Å². The molecule has 0 saturated heterocycles. The number of fused-ring (bicyclic) bond motifs is 2. The average molecular weight is 815 g/mol. The number of hydrogen-bond acceptors (Lipinski definition) is 5. The number of ether oxygens (including phenoxy) is 2. The Morgan fingerprint density at radius 3 is 2.58 bits per heavy atom. The molecule has 0 atom stereocenters. The molecule has 43 heavy (non-hydrogen) atoms. The van der Waals surface area contributed by atoms with Crippen molar-refractivity contribution in [1.29, 1.82) is 0 Å². The van der Waals surface area contributed by atoms with Gasteiger partial charge in [-0.1, -0.05) is 38.8 Å². The smallest absolute Gasteiger partial charge is 0.496 e. The number of benzene rings is 1. The van der Waals surface area contributed by atoms with Gasteiger partial charge in [-0.05, 0) is 94.0 Å². The van der Waals surface area contributed by atoms with Crippen LogP contribution in [0.3, 0.4) is 0 Å². The molecule has 0 bridgehead atoms. The van der Waals surface area contributed by atoms with Crippen molar-refractivity contribution in [3.63, 3.8) is 0 Å².